The van der Waals surface area contributed by atoms with Gasteiger partial charge in [0.25, 0.3) is 11.5 Å². The number of aryl methyl sites for hydroxylation is 1. The summed E-state index contributed by atoms with van der Waals surface area (Å²) >= 11 is 0. The van der Waals surface area contributed by atoms with Crippen molar-refractivity contribution >= 4 is 16.8 Å². The molecule has 1 amide bonds. The minimum Gasteiger partial charge on any atom is -0.481 e. The standard InChI is InChI=1S/C20H19FN2O3/c1-13-6-7-14-11-15(20(25)23-17(14)10-13)8-9-22-19(24)12-26-18-5-3-2-4-16(18)21/h2-7,10-11H,8-9,12H2,1H3,(H,22,24)(H,23,25). The second-order valence-corrected chi connectivity index (χ2v) is 6.03. The molecule has 1 aromatic heterocycles. The lowest BCUT2D eigenvalue weighted by molar-refractivity contribution is -0.123. The predicted octanol–water partition coefficient (Wildman–Crippen LogP) is 2.71. The molecule has 2 aromatic carbocycles. The Bertz CT molecular complexity index is 998. The summed E-state index contributed by atoms with van der Waals surface area (Å²) in [7, 11) is 0. The van der Waals surface area contributed by atoms with Crippen molar-refractivity contribution in [1.82, 2.24) is 10.3 Å². The van der Waals surface area contributed by atoms with Crippen molar-refractivity contribution < 1.29 is 13.9 Å². The molecule has 134 valence electrons. The van der Waals surface area contributed by atoms with Gasteiger partial charge in [-0.2, -0.15) is 0 Å². The zero-order valence-electron chi connectivity index (χ0n) is 14.3. The van der Waals surface area contributed by atoms with Crippen LogP contribution < -0.4 is 15.6 Å². The monoisotopic (exact) mass is 354 g/mol. The molecule has 5 nitrogen and oxygen atoms in total. The number of pyridine rings is 1. The molecule has 1 heterocycles. The van der Waals surface area contributed by atoms with E-state index in [0.717, 1.165) is 16.5 Å². The SMILES string of the molecule is Cc1ccc2cc(CCNC(=O)COc3ccccc3F)c(=O)[nH]c2c1. The van der Waals surface area contributed by atoms with Crippen molar-refractivity contribution in [2.24, 2.45) is 0 Å². The first-order chi connectivity index (χ1) is 12.5. The highest BCUT2D eigenvalue weighted by Gasteiger charge is 2.07. The number of nitrogens with one attached hydrogen (secondary N) is 2. The summed E-state index contributed by atoms with van der Waals surface area (Å²) in [5.74, 6) is -0.858. The second kappa shape index (κ2) is 7.82. The fourth-order valence-electron chi connectivity index (χ4n) is 2.64. The van der Waals surface area contributed by atoms with Gasteiger partial charge >= 0.3 is 0 Å². The van der Waals surface area contributed by atoms with Crippen LogP contribution in [-0.2, 0) is 11.2 Å². The molecule has 26 heavy (non-hydrogen) atoms. The number of hydrogen-bond acceptors (Lipinski definition) is 3. The first kappa shape index (κ1) is 17.7. The summed E-state index contributed by atoms with van der Waals surface area (Å²) in [6.07, 6.45) is 0.393. The van der Waals surface area contributed by atoms with Crippen LogP contribution in [0.4, 0.5) is 4.39 Å². The van der Waals surface area contributed by atoms with E-state index in [0.29, 0.717) is 18.5 Å². The maximum Gasteiger partial charge on any atom is 0.257 e. The Labute approximate surface area is 149 Å². The molecule has 0 bridgehead atoms. The Kier molecular flexibility index (Phi) is 5.31. The molecular weight excluding hydrogens is 335 g/mol. The predicted molar refractivity (Wildman–Crippen MR) is 97.9 cm³/mol. The van der Waals surface area contributed by atoms with Gasteiger partial charge < -0.3 is 15.0 Å². The lowest BCUT2D eigenvalue weighted by Crippen LogP contribution is -2.31. The fourth-order valence-corrected chi connectivity index (χ4v) is 2.64. The lowest BCUT2D eigenvalue weighted by atomic mass is 10.1. The summed E-state index contributed by atoms with van der Waals surface area (Å²) in [5, 5.41) is 3.61. The number of carbonyl (C=O) groups excluding carboxylic acids is 1. The van der Waals surface area contributed by atoms with Crippen LogP contribution in [0, 0.1) is 12.7 Å². The van der Waals surface area contributed by atoms with Gasteiger partial charge in [-0.25, -0.2) is 4.39 Å². The fraction of sp³-hybridized carbons (Fsp3) is 0.200. The topological polar surface area (TPSA) is 71.2 Å². The van der Waals surface area contributed by atoms with Crippen molar-refractivity contribution in [1.29, 1.82) is 0 Å². The molecule has 0 fully saturated rings. The van der Waals surface area contributed by atoms with E-state index >= 15 is 0 Å². The number of ether oxygens (including phenoxy) is 1. The van der Waals surface area contributed by atoms with Gasteiger partial charge in [-0.3, -0.25) is 9.59 Å². The third-order valence-electron chi connectivity index (χ3n) is 3.99. The Morgan fingerprint density at radius 3 is 2.81 bits per heavy atom. The number of fused-ring (bicyclic) bond motifs is 1. The minimum absolute atomic E-state index is 0.0314. The molecule has 0 saturated carbocycles. The zero-order valence-corrected chi connectivity index (χ0v) is 14.3. The van der Waals surface area contributed by atoms with Crippen molar-refractivity contribution in [3.05, 3.63) is 75.8 Å². The van der Waals surface area contributed by atoms with E-state index < -0.39 is 5.82 Å². The largest absolute Gasteiger partial charge is 0.481 e. The first-order valence-corrected chi connectivity index (χ1v) is 8.29. The maximum absolute atomic E-state index is 13.4. The van der Waals surface area contributed by atoms with Crippen molar-refractivity contribution in [2.75, 3.05) is 13.2 Å². The Morgan fingerprint density at radius 1 is 1.19 bits per heavy atom. The average molecular weight is 354 g/mol. The number of amides is 1. The highest BCUT2D eigenvalue weighted by atomic mass is 19.1. The van der Waals surface area contributed by atoms with Crippen molar-refractivity contribution in [3.63, 3.8) is 0 Å². The van der Waals surface area contributed by atoms with Gasteiger partial charge in [0.15, 0.2) is 18.2 Å². The van der Waals surface area contributed by atoms with E-state index in [-0.39, 0.29) is 23.8 Å². The van der Waals surface area contributed by atoms with Crippen LogP contribution in [0.15, 0.2) is 53.3 Å². The lowest BCUT2D eigenvalue weighted by Gasteiger charge is -2.08. The molecule has 0 spiro atoms. The number of benzene rings is 2. The normalized spacial score (nSPS) is 10.7. The third-order valence-corrected chi connectivity index (χ3v) is 3.99. The summed E-state index contributed by atoms with van der Waals surface area (Å²) in [5.41, 5.74) is 2.29. The van der Waals surface area contributed by atoms with Gasteiger partial charge in [-0.05, 0) is 48.6 Å². The van der Waals surface area contributed by atoms with Crippen LogP contribution in [-0.4, -0.2) is 24.0 Å². The minimum atomic E-state index is -0.516. The van der Waals surface area contributed by atoms with Crippen LogP contribution in [0.2, 0.25) is 0 Å². The van der Waals surface area contributed by atoms with Crippen LogP contribution >= 0.6 is 0 Å². The van der Waals surface area contributed by atoms with Crippen LogP contribution in [0.3, 0.4) is 0 Å². The van der Waals surface area contributed by atoms with Crippen LogP contribution in [0.5, 0.6) is 5.75 Å². The van der Waals surface area contributed by atoms with Crippen molar-refractivity contribution in [3.8, 4) is 5.75 Å². The van der Waals surface area contributed by atoms with E-state index in [1.165, 1.54) is 12.1 Å². The number of carbonyl (C=O) groups is 1. The molecule has 0 radical (unpaired) electrons. The molecule has 2 N–H and O–H groups in total. The molecule has 0 atom stereocenters. The number of hydrogen-bond donors (Lipinski definition) is 2. The molecule has 3 rings (SSSR count). The number of H-pyrrole nitrogens is 1. The van der Waals surface area contributed by atoms with E-state index in [4.69, 9.17) is 4.74 Å². The molecule has 3 aromatic rings. The van der Waals surface area contributed by atoms with Gasteiger partial charge in [0.05, 0.1) is 0 Å². The maximum atomic E-state index is 13.4. The van der Waals surface area contributed by atoms with Gasteiger partial charge in [-0.1, -0.05) is 24.3 Å². The summed E-state index contributed by atoms with van der Waals surface area (Å²) in [6, 6.07) is 13.6. The Balaban J connectivity index is 1.54. The molecule has 0 aliphatic rings. The van der Waals surface area contributed by atoms with Crippen LogP contribution in [0.25, 0.3) is 10.9 Å². The van der Waals surface area contributed by atoms with Gasteiger partial charge in [0, 0.05) is 17.6 Å². The Hall–Kier alpha value is -3.15. The van der Waals surface area contributed by atoms with Crippen LogP contribution in [0.1, 0.15) is 11.1 Å². The summed E-state index contributed by atoms with van der Waals surface area (Å²) in [4.78, 5) is 26.8. The number of rotatable bonds is 6. The highest BCUT2D eigenvalue weighted by Crippen LogP contribution is 2.15. The quantitative estimate of drug-likeness (QED) is 0.715. The third kappa shape index (κ3) is 4.27. The average Bonchev–Trinajstić information content (AvgIpc) is 2.61. The van der Waals surface area contributed by atoms with Gasteiger partial charge in [0.2, 0.25) is 0 Å². The second-order valence-electron chi connectivity index (χ2n) is 6.03. The molecule has 0 saturated heterocycles. The smallest absolute Gasteiger partial charge is 0.257 e. The summed E-state index contributed by atoms with van der Waals surface area (Å²) in [6.45, 7) is 1.97. The number of halogens is 1. The van der Waals surface area contributed by atoms with E-state index in [1.807, 2.05) is 31.2 Å². The van der Waals surface area contributed by atoms with E-state index in [1.54, 1.807) is 12.1 Å². The molecule has 0 unspecified atom stereocenters. The number of aromatic nitrogens is 1. The molecule has 0 aliphatic carbocycles. The number of para-hydroxylation sites is 1. The first-order valence-electron chi connectivity index (χ1n) is 8.29. The molecule has 0 aliphatic heterocycles. The molecular formula is C20H19FN2O3. The highest BCUT2D eigenvalue weighted by molar-refractivity contribution is 5.79. The number of aromatic amines is 1. The van der Waals surface area contributed by atoms with E-state index in [9.17, 15) is 14.0 Å². The van der Waals surface area contributed by atoms with Gasteiger partial charge in [-0.15, -0.1) is 0 Å². The van der Waals surface area contributed by atoms with E-state index in [2.05, 4.69) is 10.3 Å². The molecule has 6 heteroatoms. The van der Waals surface area contributed by atoms with Crippen molar-refractivity contribution in [2.45, 2.75) is 13.3 Å². The van der Waals surface area contributed by atoms with Gasteiger partial charge in [0.1, 0.15) is 0 Å². The zero-order chi connectivity index (χ0) is 18.5. The Morgan fingerprint density at radius 2 is 2.00 bits per heavy atom. The summed E-state index contributed by atoms with van der Waals surface area (Å²) < 4.78 is 18.6.